The highest BCUT2D eigenvalue weighted by Crippen LogP contribution is 2.40. The number of aromatic nitrogens is 3. The van der Waals surface area contributed by atoms with Gasteiger partial charge in [0.1, 0.15) is 0 Å². The number of nitrogens with one attached hydrogen (secondary N) is 2. The molecule has 1 aliphatic carbocycles. The van der Waals surface area contributed by atoms with Gasteiger partial charge in [-0.1, -0.05) is 26.0 Å². The van der Waals surface area contributed by atoms with Crippen molar-refractivity contribution >= 4 is 28.5 Å². The molecule has 0 unspecified atom stereocenters. The molecular weight excluding hydrogens is 378 g/mol. The summed E-state index contributed by atoms with van der Waals surface area (Å²) in [6.45, 7) is 6.53. The normalized spacial score (nSPS) is 13.6. The summed E-state index contributed by atoms with van der Waals surface area (Å²) in [6.07, 6.45) is 2.19. The van der Waals surface area contributed by atoms with Crippen LogP contribution in [0.25, 0.3) is 11.0 Å². The van der Waals surface area contributed by atoms with E-state index in [1.807, 2.05) is 40.0 Å². The number of rotatable bonds is 6. The second kappa shape index (κ2) is 7.89. The van der Waals surface area contributed by atoms with Gasteiger partial charge in [-0.05, 0) is 43.9 Å². The number of fused-ring (bicyclic) bond motifs is 1. The predicted octanol–water partition coefficient (Wildman–Crippen LogP) is 3.79. The number of carbonyl (C=O) groups is 2. The smallest absolute Gasteiger partial charge is 0.256 e. The van der Waals surface area contributed by atoms with Gasteiger partial charge in [0.15, 0.2) is 5.65 Å². The summed E-state index contributed by atoms with van der Waals surface area (Å²) in [7, 11) is 1.84. The maximum Gasteiger partial charge on any atom is 0.256 e. The van der Waals surface area contributed by atoms with Crippen LogP contribution >= 0.6 is 0 Å². The summed E-state index contributed by atoms with van der Waals surface area (Å²) in [5.41, 5.74) is 3.88. The average Bonchev–Trinajstić information content (AvgIpc) is 3.52. The van der Waals surface area contributed by atoms with Crippen molar-refractivity contribution in [1.82, 2.24) is 20.1 Å². The molecule has 4 rings (SSSR count). The summed E-state index contributed by atoms with van der Waals surface area (Å²) < 4.78 is 1.72. The lowest BCUT2D eigenvalue weighted by atomic mass is 10.1. The number of carbonyl (C=O) groups excluding carboxylic acids is 2. The number of nitrogens with zero attached hydrogens (tertiary/aromatic N) is 3. The second-order valence-electron chi connectivity index (χ2n) is 8.38. The van der Waals surface area contributed by atoms with Gasteiger partial charge in [-0.2, -0.15) is 5.10 Å². The van der Waals surface area contributed by atoms with E-state index >= 15 is 0 Å². The minimum atomic E-state index is -0.260. The standard InChI is InChI=1S/C23H27N5O2/c1-13(2)12-24-22(29)16-7-5-6-8-18(16)26-23(30)17-11-19(15-9-10-15)25-21-20(17)14(3)27-28(21)4/h5-8,11,13,15H,9-10,12H2,1-4H3,(H,24,29)(H,26,30). The molecule has 2 heterocycles. The van der Waals surface area contributed by atoms with Gasteiger partial charge in [0.05, 0.1) is 27.9 Å². The van der Waals surface area contributed by atoms with Gasteiger partial charge < -0.3 is 10.6 Å². The molecule has 2 N–H and O–H groups in total. The molecule has 156 valence electrons. The molecular formula is C23H27N5O2. The minimum absolute atomic E-state index is 0.198. The fourth-order valence-corrected chi connectivity index (χ4v) is 3.60. The van der Waals surface area contributed by atoms with Crippen molar-refractivity contribution < 1.29 is 9.59 Å². The van der Waals surface area contributed by atoms with Gasteiger partial charge in [0.25, 0.3) is 11.8 Å². The van der Waals surface area contributed by atoms with Crippen LogP contribution in [0.2, 0.25) is 0 Å². The molecule has 0 atom stereocenters. The maximum absolute atomic E-state index is 13.3. The monoisotopic (exact) mass is 405 g/mol. The Labute approximate surface area is 175 Å². The number of pyridine rings is 1. The van der Waals surface area contributed by atoms with Crippen LogP contribution in [0.5, 0.6) is 0 Å². The first-order valence-corrected chi connectivity index (χ1v) is 10.4. The third kappa shape index (κ3) is 3.92. The Balaban J connectivity index is 1.68. The first-order chi connectivity index (χ1) is 14.3. The highest BCUT2D eigenvalue weighted by Gasteiger charge is 2.28. The summed E-state index contributed by atoms with van der Waals surface area (Å²) in [6, 6.07) is 8.95. The first-order valence-electron chi connectivity index (χ1n) is 10.4. The molecule has 0 saturated heterocycles. The lowest BCUT2D eigenvalue weighted by Crippen LogP contribution is -2.28. The van der Waals surface area contributed by atoms with E-state index in [1.54, 1.807) is 22.9 Å². The first kappa shape index (κ1) is 20.1. The quantitative estimate of drug-likeness (QED) is 0.653. The lowest BCUT2D eigenvalue weighted by molar-refractivity contribution is 0.0950. The zero-order chi connectivity index (χ0) is 21.4. The van der Waals surface area contributed by atoms with Crippen LogP contribution in [0.4, 0.5) is 5.69 Å². The topological polar surface area (TPSA) is 88.9 Å². The molecule has 1 fully saturated rings. The second-order valence-corrected chi connectivity index (χ2v) is 8.38. The van der Waals surface area contributed by atoms with E-state index < -0.39 is 0 Å². The van der Waals surface area contributed by atoms with E-state index in [4.69, 9.17) is 4.98 Å². The highest BCUT2D eigenvalue weighted by atomic mass is 16.2. The van der Waals surface area contributed by atoms with Crippen LogP contribution in [0.15, 0.2) is 30.3 Å². The molecule has 0 spiro atoms. The Kier molecular flexibility index (Phi) is 5.28. The van der Waals surface area contributed by atoms with Gasteiger partial charge in [0, 0.05) is 25.2 Å². The average molecular weight is 406 g/mol. The van der Waals surface area contributed by atoms with Crippen LogP contribution in [0, 0.1) is 12.8 Å². The van der Waals surface area contributed by atoms with Gasteiger partial charge >= 0.3 is 0 Å². The molecule has 2 amide bonds. The van der Waals surface area contributed by atoms with Crippen LogP contribution in [0.3, 0.4) is 0 Å². The Hall–Kier alpha value is -3.22. The molecule has 30 heavy (non-hydrogen) atoms. The fraction of sp³-hybridized carbons (Fsp3) is 0.391. The molecule has 2 aromatic heterocycles. The molecule has 0 bridgehead atoms. The summed E-state index contributed by atoms with van der Waals surface area (Å²) in [5, 5.41) is 11.1. The Bertz CT molecular complexity index is 1130. The lowest BCUT2D eigenvalue weighted by Gasteiger charge is -2.13. The van der Waals surface area contributed by atoms with Crippen molar-refractivity contribution in [3.8, 4) is 0 Å². The van der Waals surface area contributed by atoms with Crippen LogP contribution in [-0.4, -0.2) is 33.1 Å². The molecule has 1 aromatic carbocycles. The maximum atomic E-state index is 13.3. The van der Waals surface area contributed by atoms with E-state index in [2.05, 4.69) is 15.7 Å². The number of anilines is 1. The van der Waals surface area contributed by atoms with Crippen LogP contribution < -0.4 is 10.6 Å². The van der Waals surface area contributed by atoms with Crippen molar-refractivity contribution in [2.45, 2.75) is 39.5 Å². The van der Waals surface area contributed by atoms with Gasteiger partial charge in [-0.3, -0.25) is 14.3 Å². The fourth-order valence-electron chi connectivity index (χ4n) is 3.60. The van der Waals surface area contributed by atoms with Crippen molar-refractivity contribution in [2.24, 2.45) is 13.0 Å². The van der Waals surface area contributed by atoms with Gasteiger partial charge in [-0.15, -0.1) is 0 Å². The number of hydrogen-bond acceptors (Lipinski definition) is 4. The van der Waals surface area contributed by atoms with Crippen LogP contribution in [-0.2, 0) is 7.05 Å². The Morgan fingerprint density at radius 1 is 1.17 bits per heavy atom. The number of amides is 2. The third-order valence-corrected chi connectivity index (χ3v) is 5.32. The van der Waals surface area contributed by atoms with Crippen molar-refractivity contribution in [1.29, 1.82) is 0 Å². The zero-order valence-electron chi connectivity index (χ0n) is 17.8. The van der Waals surface area contributed by atoms with E-state index in [0.29, 0.717) is 40.8 Å². The minimum Gasteiger partial charge on any atom is -0.352 e. The number of benzene rings is 1. The largest absolute Gasteiger partial charge is 0.352 e. The zero-order valence-corrected chi connectivity index (χ0v) is 17.8. The molecule has 0 radical (unpaired) electrons. The van der Waals surface area contributed by atoms with E-state index in [0.717, 1.165) is 29.6 Å². The summed E-state index contributed by atoms with van der Waals surface area (Å²) in [4.78, 5) is 30.7. The van der Waals surface area contributed by atoms with Crippen molar-refractivity contribution in [3.63, 3.8) is 0 Å². The highest BCUT2D eigenvalue weighted by molar-refractivity contribution is 6.14. The van der Waals surface area contributed by atoms with E-state index in [-0.39, 0.29) is 11.8 Å². The van der Waals surface area contributed by atoms with Gasteiger partial charge in [-0.25, -0.2) is 4.98 Å². The van der Waals surface area contributed by atoms with Crippen molar-refractivity contribution in [3.05, 3.63) is 52.8 Å². The Morgan fingerprint density at radius 2 is 1.90 bits per heavy atom. The summed E-state index contributed by atoms with van der Waals surface area (Å²) in [5.74, 6) is 0.292. The molecule has 3 aromatic rings. The number of hydrogen-bond donors (Lipinski definition) is 2. The third-order valence-electron chi connectivity index (χ3n) is 5.32. The van der Waals surface area contributed by atoms with E-state index in [9.17, 15) is 9.59 Å². The molecule has 1 aliphatic rings. The SMILES string of the molecule is Cc1nn(C)c2nc(C3CC3)cc(C(=O)Nc3ccccc3C(=O)NCC(C)C)c12. The number of aryl methyl sites for hydroxylation is 2. The molecule has 7 heteroatoms. The Morgan fingerprint density at radius 3 is 2.60 bits per heavy atom. The van der Waals surface area contributed by atoms with Crippen molar-refractivity contribution in [2.75, 3.05) is 11.9 Å². The van der Waals surface area contributed by atoms with Gasteiger partial charge in [0.2, 0.25) is 0 Å². The number of para-hydroxylation sites is 1. The van der Waals surface area contributed by atoms with E-state index in [1.165, 1.54) is 0 Å². The predicted molar refractivity (Wildman–Crippen MR) is 117 cm³/mol. The molecule has 1 saturated carbocycles. The molecule has 7 nitrogen and oxygen atoms in total. The molecule has 0 aliphatic heterocycles. The van der Waals surface area contributed by atoms with Crippen LogP contribution in [0.1, 0.15) is 64.7 Å². The summed E-state index contributed by atoms with van der Waals surface area (Å²) >= 11 is 0.